The van der Waals surface area contributed by atoms with Crippen LogP contribution in [0.1, 0.15) is 64.3 Å². The van der Waals surface area contributed by atoms with Gasteiger partial charge in [-0.2, -0.15) is 0 Å². The molecule has 23 heavy (non-hydrogen) atoms. The summed E-state index contributed by atoms with van der Waals surface area (Å²) < 4.78 is 5.77. The van der Waals surface area contributed by atoms with Gasteiger partial charge >= 0.3 is 0 Å². The van der Waals surface area contributed by atoms with Crippen molar-refractivity contribution in [2.45, 2.75) is 66.0 Å². The van der Waals surface area contributed by atoms with Gasteiger partial charge in [-0.25, -0.2) is 4.98 Å². The Morgan fingerprint density at radius 1 is 1.30 bits per heavy atom. The molecule has 1 aliphatic heterocycles. The summed E-state index contributed by atoms with van der Waals surface area (Å²) in [7, 11) is 0. The summed E-state index contributed by atoms with van der Waals surface area (Å²) >= 11 is 0. The van der Waals surface area contributed by atoms with Crippen LogP contribution in [0.25, 0.3) is 0 Å². The van der Waals surface area contributed by atoms with Crippen molar-refractivity contribution in [3.63, 3.8) is 0 Å². The van der Waals surface area contributed by atoms with E-state index in [9.17, 15) is 9.59 Å². The molecule has 0 radical (unpaired) electrons. The van der Waals surface area contributed by atoms with Crippen molar-refractivity contribution in [3.8, 4) is 0 Å². The van der Waals surface area contributed by atoms with Crippen LogP contribution in [0.2, 0.25) is 0 Å². The van der Waals surface area contributed by atoms with Crippen LogP contribution in [0.4, 0.5) is 0 Å². The number of hydrogen-bond donors (Lipinski definition) is 1. The molecule has 1 aliphatic rings. The predicted octanol–water partition coefficient (Wildman–Crippen LogP) is 2.23. The van der Waals surface area contributed by atoms with Crippen LogP contribution >= 0.6 is 0 Å². The Morgan fingerprint density at radius 3 is 2.57 bits per heavy atom. The minimum atomic E-state index is -0.467. The molecule has 0 fully saturated rings. The lowest BCUT2D eigenvalue weighted by atomic mass is 10.0. The predicted molar refractivity (Wildman–Crippen MR) is 86.8 cm³/mol. The number of fused-ring (bicyclic) bond motifs is 1. The van der Waals surface area contributed by atoms with Crippen molar-refractivity contribution in [3.05, 3.63) is 17.3 Å². The Bertz CT molecular complexity index is 578. The fourth-order valence-corrected chi connectivity index (χ4v) is 2.81. The number of amides is 2. The highest BCUT2D eigenvalue weighted by atomic mass is 16.4. The molecule has 1 aromatic rings. The molecule has 128 valence electrons. The molecule has 6 nitrogen and oxygen atoms in total. The molecule has 0 unspecified atom stereocenters. The van der Waals surface area contributed by atoms with E-state index in [2.05, 4.69) is 10.3 Å². The van der Waals surface area contributed by atoms with Gasteiger partial charge in [-0.15, -0.1) is 0 Å². The normalized spacial score (nSPS) is 15.7. The second kappa shape index (κ2) is 7.15. The highest BCUT2D eigenvalue weighted by Gasteiger charge is 2.31. The van der Waals surface area contributed by atoms with Crippen molar-refractivity contribution in [1.82, 2.24) is 15.2 Å². The van der Waals surface area contributed by atoms with Gasteiger partial charge in [0.15, 0.2) is 5.89 Å². The van der Waals surface area contributed by atoms with Gasteiger partial charge in [0.1, 0.15) is 17.5 Å². The molecule has 1 N–H and O–H groups in total. The summed E-state index contributed by atoms with van der Waals surface area (Å²) in [5.41, 5.74) is 0.847. The summed E-state index contributed by atoms with van der Waals surface area (Å²) in [6.45, 7) is 10.7. The summed E-state index contributed by atoms with van der Waals surface area (Å²) in [5.74, 6) is 1.97. The Balaban J connectivity index is 2.11. The van der Waals surface area contributed by atoms with Gasteiger partial charge in [-0.05, 0) is 12.3 Å². The number of aromatic nitrogens is 1. The molecule has 0 saturated carbocycles. The zero-order chi connectivity index (χ0) is 17.1. The number of oxazole rings is 1. The van der Waals surface area contributed by atoms with E-state index in [4.69, 9.17) is 4.42 Å². The van der Waals surface area contributed by atoms with Crippen molar-refractivity contribution >= 4 is 11.8 Å². The molecule has 0 aliphatic carbocycles. The Labute approximate surface area is 137 Å². The topological polar surface area (TPSA) is 75.4 Å². The van der Waals surface area contributed by atoms with E-state index in [0.29, 0.717) is 31.8 Å². The fraction of sp³-hybridized carbons (Fsp3) is 0.706. The highest BCUT2D eigenvalue weighted by molar-refractivity contribution is 5.87. The zero-order valence-electron chi connectivity index (χ0n) is 14.7. The van der Waals surface area contributed by atoms with Crippen molar-refractivity contribution in [2.75, 3.05) is 6.54 Å². The quantitative estimate of drug-likeness (QED) is 0.902. The number of carbonyl (C=O) groups is 2. The molecular formula is C17H27N3O3. The zero-order valence-corrected chi connectivity index (χ0v) is 14.7. The molecule has 2 amide bonds. The van der Waals surface area contributed by atoms with Crippen molar-refractivity contribution in [1.29, 1.82) is 0 Å². The fourth-order valence-electron chi connectivity index (χ4n) is 2.81. The first-order valence-electron chi connectivity index (χ1n) is 8.32. The van der Waals surface area contributed by atoms with Crippen molar-refractivity contribution < 1.29 is 14.0 Å². The Morgan fingerprint density at radius 2 is 2.00 bits per heavy atom. The smallest absolute Gasteiger partial charge is 0.245 e. The van der Waals surface area contributed by atoms with Crippen LogP contribution in [0.15, 0.2) is 4.42 Å². The minimum Gasteiger partial charge on any atom is -0.445 e. The monoisotopic (exact) mass is 321 g/mol. The van der Waals surface area contributed by atoms with E-state index in [1.807, 2.05) is 27.7 Å². The first-order chi connectivity index (χ1) is 10.8. The van der Waals surface area contributed by atoms with Crippen LogP contribution in [0, 0.1) is 5.92 Å². The molecule has 1 atom stereocenters. The van der Waals surface area contributed by atoms with E-state index in [-0.39, 0.29) is 17.7 Å². The number of nitrogens with zero attached hydrogens (tertiary/aromatic N) is 2. The lowest BCUT2D eigenvalue weighted by Gasteiger charge is -2.30. The maximum atomic E-state index is 12.8. The van der Waals surface area contributed by atoms with Crippen LogP contribution in [0.3, 0.4) is 0 Å². The standard InChI is InChI=1S/C17H27N3O3/c1-10(2)8-13(18-12(5)21)17(22)20-7-6-15-14(9-20)19-16(23-15)11(3)4/h10-11,13H,6-9H2,1-5H3,(H,18,21)/t13-/m0/s1. The summed E-state index contributed by atoms with van der Waals surface area (Å²) in [6.07, 6.45) is 1.31. The lowest BCUT2D eigenvalue weighted by molar-refractivity contribution is -0.137. The average molecular weight is 321 g/mol. The summed E-state index contributed by atoms with van der Waals surface area (Å²) in [6, 6.07) is -0.467. The molecule has 6 heteroatoms. The highest BCUT2D eigenvalue weighted by Crippen LogP contribution is 2.24. The summed E-state index contributed by atoms with van der Waals surface area (Å²) in [5, 5.41) is 2.78. The molecule has 0 bridgehead atoms. The van der Waals surface area contributed by atoms with Crippen LogP contribution in [0.5, 0.6) is 0 Å². The van der Waals surface area contributed by atoms with Crippen LogP contribution < -0.4 is 5.32 Å². The molecule has 0 saturated heterocycles. The van der Waals surface area contributed by atoms with E-state index in [1.54, 1.807) is 4.90 Å². The van der Waals surface area contributed by atoms with Gasteiger partial charge in [0.2, 0.25) is 11.8 Å². The molecule has 1 aromatic heterocycles. The Kier molecular flexibility index (Phi) is 5.44. The molecular weight excluding hydrogens is 294 g/mol. The third-order valence-corrected chi connectivity index (χ3v) is 3.93. The molecule has 2 heterocycles. The second-order valence-electron chi connectivity index (χ2n) is 6.97. The number of nitrogens with one attached hydrogen (secondary N) is 1. The maximum absolute atomic E-state index is 12.8. The van der Waals surface area contributed by atoms with Crippen LogP contribution in [-0.4, -0.2) is 34.3 Å². The second-order valence-corrected chi connectivity index (χ2v) is 6.97. The third-order valence-electron chi connectivity index (χ3n) is 3.93. The van der Waals surface area contributed by atoms with Gasteiger partial charge in [-0.3, -0.25) is 9.59 Å². The van der Waals surface area contributed by atoms with Gasteiger partial charge in [0.25, 0.3) is 0 Å². The first-order valence-corrected chi connectivity index (χ1v) is 8.32. The SMILES string of the molecule is CC(=O)N[C@@H](CC(C)C)C(=O)N1CCc2oc(C(C)C)nc2C1. The van der Waals surface area contributed by atoms with Gasteiger partial charge in [0, 0.05) is 25.8 Å². The van der Waals surface area contributed by atoms with E-state index in [1.165, 1.54) is 6.92 Å². The Hall–Kier alpha value is -1.85. The number of rotatable bonds is 5. The van der Waals surface area contributed by atoms with Gasteiger partial charge in [0.05, 0.1) is 6.54 Å². The summed E-state index contributed by atoms with van der Waals surface area (Å²) in [4.78, 5) is 30.5. The van der Waals surface area contributed by atoms with E-state index >= 15 is 0 Å². The molecule has 0 spiro atoms. The van der Waals surface area contributed by atoms with Gasteiger partial charge in [-0.1, -0.05) is 27.7 Å². The third kappa shape index (κ3) is 4.33. The van der Waals surface area contributed by atoms with E-state index < -0.39 is 6.04 Å². The number of carbonyl (C=O) groups excluding carboxylic acids is 2. The molecule has 0 aromatic carbocycles. The molecule has 2 rings (SSSR count). The number of hydrogen-bond acceptors (Lipinski definition) is 4. The van der Waals surface area contributed by atoms with Crippen LogP contribution in [-0.2, 0) is 22.6 Å². The lowest BCUT2D eigenvalue weighted by Crippen LogP contribution is -2.49. The van der Waals surface area contributed by atoms with Crippen molar-refractivity contribution in [2.24, 2.45) is 5.92 Å². The maximum Gasteiger partial charge on any atom is 0.245 e. The van der Waals surface area contributed by atoms with E-state index in [0.717, 1.165) is 17.3 Å². The minimum absolute atomic E-state index is 0.0337. The van der Waals surface area contributed by atoms with Gasteiger partial charge < -0.3 is 14.6 Å². The first kappa shape index (κ1) is 17.5. The average Bonchev–Trinajstić information content (AvgIpc) is 2.88. The largest absolute Gasteiger partial charge is 0.445 e.